The summed E-state index contributed by atoms with van der Waals surface area (Å²) in [6, 6.07) is 18.6. The molecule has 2 atom stereocenters. The number of carbonyl (C=O) groups is 1. The molecule has 1 heterocycles. The van der Waals surface area contributed by atoms with Gasteiger partial charge in [0.2, 0.25) is 10.0 Å². The molecule has 1 amide bonds. The van der Waals surface area contributed by atoms with Crippen molar-refractivity contribution in [3.63, 3.8) is 0 Å². The number of nitrogens with one attached hydrogen (secondary N) is 1. The number of sulfonamides is 1. The van der Waals surface area contributed by atoms with E-state index in [4.69, 9.17) is 4.74 Å². The monoisotopic (exact) mass is 579 g/mol. The minimum atomic E-state index is -3.99. The summed E-state index contributed by atoms with van der Waals surface area (Å²) in [5.41, 5.74) is 2.82. The number of nitrogens with zero attached hydrogens (tertiary/aromatic N) is 2. The van der Waals surface area contributed by atoms with Crippen molar-refractivity contribution in [3.8, 4) is 5.75 Å². The number of anilines is 1. The summed E-state index contributed by atoms with van der Waals surface area (Å²) in [5, 5.41) is 11.3. The van der Waals surface area contributed by atoms with Crippen LogP contribution in [-0.2, 0) is 23.0 Å². The van der Waals surface area contributed by atoms with Gasteiger partial charge in [-0.1, -0.05) is 31.2 Å². The summed E-state index contributed by atoms with van der Waals surface area (Å²) in [6.45, 7) is 9.75. The Morgan fingerprint density at radius 3 is 2.17 bits per heavy atom. The molecule has 3 aromatic carbocycles. The molecule has 8 nitrogen and oxygen atoms in total. The largest absolute Gasteiger partial charge is 0.485 e. The van der Waals surface area contributed by atoms with Crippen LogP contribution >= 0.6 is 0 Å². The van der Waals surface area contributed by atoms with Crippen molar-refractivity contribution in [2.75, 3.05) is 19.0 Å². The SMILES string of the molecule is CCc1ccc(S(=O)(=O)N[C@@H]2c3cc(C(=O)N(Cc4ccc(N(C)C)cc4)C(C)C)ccc3OC(C)(C)[C@H]2O)cc1. The predicted molar refractivity (Wildman–Crippen MR) is 162 cm³/mol. The molecule has 0 fully saturated rings. The van der Waals surface area contributed by atoms with Gasteiger partial charge in [0.15, 0.2) is 0 Å². The molecule has 3 aromatic rings. The Kier molecular flexibility index (Phi) is 8.82. The smallest absolute Gasteiger partial charge is 0.254 e. The number of aliphatic hydroxyl groups is 1. The maximum Gasteiger partial charge on any atom is 0.254 e. The molecule has 0 bridgehead atoms. The minimum Gasteiger partial charge on any atom is -0.485 e. The van der Waals surface area contributed by atoms with Crippen molar-refractivity contribution < 1.29 is 23.1 Å². The number of aliphatic hydroxyl groups excluding tert-OH is 1. The summed E-state index contributed by atoms with van der Waals surface area (Å²) in [5.74, 6) is 0.219. The zero-order valence-electron chi connectivity index (χ0n) is 24.9. The van der Waals surface area contributed by atoms with Crippen molar-refractivity contribution >= 4 is 21.6 Å². The number of rotatable bonds is 9. The maximum absolute atomic E-state index is 13.8. The number of amides is 1. The number of fused-ring (bicyclic) bond motifs is 1. The zero-order valence-corrected chi connectivity index (χ0v) is 25.7. The van der Waals surface area contributed by atoms with E-state index in [-0.39, 0.29) is 16.8 Å². The highest BCUT2D eigenvalue weighted by molar-refractivity contribution is 7.89. The molecule has 0 saturated carbocycles. The van der Waals surface area contributed by atoms with Gasteiger partial charge in [0.05, 0.1) is 10.9 Å². The fraction of sp³-hybridized carbons (Fsp3) is 0.406. The Labute approximate surface area is 244 Å². The first-order valence-corrected chi connectivity index (χ1v) is 15.4. The highest BCUT2D eigenvalue weighted by atomic mass is 32.2. The first kappa shape index (κ1) is 30.6. The molecule has 0 unspecified atom stereocenters. The standard InChI is InChI=1S/C32H41N3O5S/c1-8-22-11-16-26(17-12-22)41(38,39)33-29-27-19-24(13-18-28(27)40-32(4,5)30(29)36)31(37)35(21(2)3)20-23-9-14-25(15-10-23)34(6)7/h9-19,21,29-30,33,36H,8,20H2,1-7H3/t29-,30+/m1/s1. The molecule has 0 spiro atoms. The average molecular weight is 580 g/mol. The molecule has 0 aromatic heterocycles. The highest BCUT2D eigenvalue weighted by Gasteiger charge is 2.45. The van der Waals surface area contributed by atoms with E-state index >= 15 is 0 Å². The Morgan fingerprint density at radius 2 is 1.61 bits per heavy atom. The molecule has 0 radical (unpaired) electrons. The van der Waals surface area contributed by atoms with Gasteiger partial charge in [-0.15, -0.1) is 0 Å². The molecule has 0 saturated heterocycles. The molecule has 1 aliphatic rings. The molecule has 41 heavy (non-hydrogen) atoms. The van der Waals surface area contributed by atoms with Crippen molar-refractivity contribution in [1.82, 2.24) is 9.62 Å². The van der Waals surface area contributed by atoms with E-state index in [0.29, 0.717) is 23.4 Å². The third-order valence-corrected chi connectivity index (χ3v) is 9.06. The lowest BCUT2D eigenvalue weighted by molar-refractivity contribution is -0.0603. The molecule has 4 rings (SSSR count). The van der Waals surface area contributed by atoms with Gasteiger partial charge in [-0.05, 0) is 87.7 Å². The van der Waals surface area contributed by atoms with Crippen molar-refractivity contribution in [2.45, 2.75) is 76.3 Å². The molecular formula is C32H41N3O5S. The van der Waals surface area contributed by atoms with Gasteiger partial charge >= 0.3 is 0 Å². The summed E-state index contributed by atoms with van der Waals surface area (Å²) in [4.78, 5) is 17.7. The lowest BCUT2D eigenvalue weighted by atomic mass is 9.86. The van der Waals surface area contributed by atoms with Gasteiger partial charge in [-0.3, -0.25) is 4.79 Å². The average Bonchev–Trinajstić information content (AvgIpc) is 2.93. The second-order valence-corrected chi connectivity index (χ2v) is 13.3. The number of carbonyl (C=O) groups excluding carboxylic acids is 1. The van der Waals surface area contributed by atoms with Crippen LogP contribution in [0.2, 0.25) is 0 Å². The van der Waals surface area contributed by atoms with E-state index in [1.165, 1.54) is 0 Å². The van der Waals surface area contributed by atoms with Crippen LogP contribution in [0.25, 0.3) is 0 Å². The van der Waals surface area contributed by atoms with E-state index in [9.17, 15) is 18.3 Å². The third-order valence-electron chi connectivity index (χ3n) is 7.61. The Bertz CT molecular complexity index is 1480. The number of benzene rings is 3. The molecule has 9 heteroatoms. The molecule has 0 aliphatic carbocycles. The predicted octanol–water partition coefficient (Wildman–Crippen LogP) is 4.92. The van der Waals surface area contributed by atoms with Crippen molar-refractivity contribution in [1.29, 1.82) is 0 Å². The van der Waals surface area contributed by atoms with Crippen LogP contribution in [-0.4, -0.2) is 56.2 Å². The van der Waals surface area contributed by atoms with Crippen LogP contribution < -0.4 is 14.4 Å². The first-order valence-electron chi connectivity index (χ1n) is 13.9. The van der Waals surface area contributed by atoms with E-state index in [1.54, 1.807) is 61.2 Å². The number of aryl methyl sites for hydroxylation is 1. The fourth-order valence-electron chi connectivity index (χ4n) is 4.95. The van der Waals surface area contributed by atoms with Gasteiger partial charge < -0.3 is 19.6 Å². The lowest BCUT2D eigenvalue weighted by Gasteiger charge is -2.42. The van der Waals surface area contributed by atoms with Gasteiger partial charge in [0, 0.05) is 43.5 Å². The normalized spacial score (nSPS) is 18.0. The van der Waals surface area contributed by atoms with Crippen LogP contribution in [0.4, 0.5) is 5.69 Å². The van der Waals surface area contributed by atoms with Crippen LogP contribution in [0.15, 0.2) is 71.6 Å². The molecular weight excluding hydrogens is 538 g/mol. The van der Waals surface area contributed by atoms with Crippen molar-refractivity contribution in [3.05, 3.63) is 89.0 Å². The topological polar surface area (TPSA) is 99.2 Å². The highest BCUT2D eigenvalue weighted by Crippen LogP contribution is 2.41. The zero-order chi connectivity index (χ0) is 30.1. The second-order valence-electron chi connectivity index (χ2n) is 11.6. The van der Waals surface area contributed by atoms with E-state index in [2.05, 4.69) is 4.72 Å². The van der Waals surface area contributed by atoms with Crippen LogP contribution in [0.5, 0.6) is 5.75 Å². The quantitative estimate of drug-likeness (QED) is 0.374. The Hall–Kier alpha value is -3.40. The van der Waals surface area contributed by atoms with Crippen molar-refractivity contribution in [2.24, 2.45) is 0 Å². The summed E-state index contributed by atoms with van der Waals surface area (Å²) in [7, 11) is -0.0316. The summed E-state index contributed by atoms with van der Waals surface area (Å²) in [6.07, 6.45) is -0.416. The first-order chi connectivity index (χ1) is 19.2. The summed E-state index contributed by atoms with van der Waals surface area (Å²) >= 11 is 0. The van der Waals surface area contributed by atoms with Gasteiger partial charge in [0.1, 0.15) is 17.5 Å². The minimum absolute atomic E-state index is 0.0896. The van der Waals surface area contributed by atoms with E-state index < -0.39 is 27.8 Å². The third kappa shape index (κ3) is 6.58. The fourth-order valence-corrected chi connectivity index (χ4v) is 6.17. The van der Waals surface area contributed by atoms with Crippen LogP contribution in [0.3, 0.4) is 0 Å². The molecule has 220 valence electrons. The van der Waals surface area contributed by atoms with Gasteiger partial charge in [-0.25, -0.2) is 13.1 Å². The number of hydrogen-bond acceptors (Lipinski definition) is 6. The number of ether oxygens (including phenoxy) is 1. The molecule has 2 N–H and O–H groups in total. The van der Waals surface area contributed by atoms with Gasteiger partial charge in [0.25, 0.3) is 5.91 Å². The van der Waals surface area contributed by atoms with E-state index in [1.807, 2.05) is 64.0 Å². The van der Waals surface area contributed by atoms with E-state index in [0.717, 1.165) is 23.2 Å². The number of hydrogen-bond donors (Lipinski definition) is 2. The molecule has 1 aliphatic heterocycles. The Balaban J connectivity index is 1.67. The maximum atomic E-state index is 13.8. The Morgan fingerprint density at radius 1 is 1.00 bits per heavy atom. The lowest BCUT2D eigenvalue weighted by Crippen LogP contribution is -2.53. The van der Waals surface area contributed by atoms with Crippen LogP contribution in [0, 0.1) is 0 Å². The second kappa shape index (κ2) is 11.8. The summed E-state index contributed by atoms with van der Waals surface area (Å²) < 4.78 is 35.6. The van der Waals surface area contributed by atoms with Crippen LogP contribution in [0.1, 0.15) is 67.7 Å². The van der Waals surface area contributed by atoms with Gasteiger partial charge in [-0.2, -0.15) is 0 Å².